The lowest BCUT2D eigenvalue weighted by Gasteiger charge is -2.33. The number of hydrogen-bond acceptors (Lipinski definition) is 7. The molecule has 1 heterocycles. The van der Waals surface area contributed by atoms with Crippen molar-refractivity contribution < 1.29 is 28.6 Å². The lowest BCUT2D eigenvalue weighted by atomic mass is 10.1. The lowest BCUT2D eigenvalue weighted by Crippen LogP contribution is -2.52. The maximum Gasteiger partial charge on any atom is 0.265 e. The van der Waals surface area contributed by atoms with Gasteiger partial charge in [0.05, 0.1) is 12.8 Å². The Morgan fingerprint density at radius 2 is 1.86 bits per heavy atom. The van der Waals surface area contributed by atoms with Crippen LogP contribution in [0.25, 0.3) is 0 Å². The van der Waals surface area contributed by atoms with E-state index >= 15 is 0 Å². The van der Waals surface area contributed by atoms with Gasteiger partial charge in [0, 0.05) is 18.7 Å². The van der Waals surface area contributed by atoms with E-state index in [4.69, 9.17) is 14.2 Å². The molecule has 1 aliphatic heterocycles. The molecule has 35 heavy (non-hydrogen) atoms. The summed E-state index contributed by atoms with van der Waals surface area (Å²) >= 11 is 0. The van der Waals surface area contributed by atoms with Crippen LogP contribution in [0.1, 0.15) is 31.1 Å². The van der Waals surface area contributed by atoms with Gasteiger partial charge in [0.15, 0.2) is 30.5 Å². The molecule has 1 atom stereocenters. The first-order chi connectivity index (χ1) is 16.9. The van der Waals surface area contributed by atoms with Crippen LogP contribution in [0.4, 0.5) is 5.69 Å². The monoisotopic (exact) mass is 483 g/mol. The van der Waals surface area contributed by atoms with Crippen LogP contribution in [-0.4, -0.2) is 75.0 Å². The first kappa shape index (κ1) is 26.0. The van der Waals surface area contributed by atoms with Gasteiger partial charge in [0.1, 0.15) is 11.8 Å². The van der Waals surface area contributed by atoms with Crippen LogP contribution in [-0.2, 0) is 9.59 Å². The lowest BCUT2D eigenvalue weighted by molar-refractivity contribution is -0.127. The summed E-state index contributed by atoms with van der Waals surface area (Å²) in [4.78, 5) is 42.0. The predicted molar refractivity (Wildman–Crippen MR) is 133 cm³/mol. The maximum absolute atomic E-state index is 12.9. The summed E-state index contributed by atoms with van der Waals surface area (Å²) in [5.41, 5.74) is 0.729. The number of Topliss-reactive ketones (excluding diaryl/α,β-unsaturated/α-hetero) is 1. The topological polar surface area (TPSA) is 97.4 Å². The van der Waals surface area contributed by atoms with Gasteiger partial charge in [-0.3, -0.25) is 19.3 Å². The van der Waals surface area contributed by atoms with Crippen LogP contribution in [0.2, 0.25) is 0 Å². The highest BCUT2D eigenvalue weighted by molar-refractivity contribution is 6.05. The highest BCUT2D eigenvalue weighted by Gasteiger charge is 2.33. The number of ether oxygens (including phenoxy) is 3. The Bertz CT molecular complexity index is 1050. The van der Waals surface area contributed by atoms with Crippen molar-refractivity contribution in [3.63, 3.8) is 0 Å². The predicted octanol–water partition coefficient (Wildman–Crippen LogP) is 2.53. The van der Waals surface area contributed by atoms with Gasteiger partial charge < -0.3 is 24.4 Å². The number of rotatable bonds is 12. The van der Waals surface area contributed by atoms with Crippen molar-refractivity contribution in [3.05, 3.63) is 48.0 Å². The second kappa shape index (κ2) is 12.2. The molecule has 0 radical (unpaired) electrons. The molecule has 2 aromatic rings. The number of nitrogens with one attached hydrogen (secondary N) is 1. The van der Waals surface area contributed by atoms with Crippen molar-refractivity contribution in [2.75, 3.05) is 51.4 Å². The third-order valence-electron chi connectivity index (χ3n) is 5.98. The van der Waals surface area contributed by atoms with Crippen molar-refractivity contribution in [3.8, 4) is 17.2 Å². The number of carbonyl (C=O) groups is 3. The average molecular weight is 484 g/mol. The van der Waals surface area contributed by atoms with E-state index in [-0.39, 0.29) is 30.8 Å². The summed E-state index contributed by atoms with van der Waals surface area (Å²) in [5, 5.41) is 2.90. The SMILES string of the molecule is CCN(CC)CCNC(=O)[C@@H](C)N1C(=O)COc2ccc(C(=O)COc3ccccc3OC)cc21. The summed E-state index contributed by atoms with van der Waals surface area (Å²) in [6.45, 7) is 8.42. The molecule has 0 saturated heterocycles. The summed E-state index contributed by atoms with van der Waals surface area (Å²) in [7, 11) is 1.53. The Morgan fingerprint density at radius 1 is 1.14 bits per heavy atom. The van der Waals surface area contributed by atoms with E-state index in [2.05, 4.69) is 24.1 Å². The molecule has 9 nitrogen and oxygen atoms in total. The quantitative estimate of drug-likeness (QED) is 0.464. The Balaban J connectivity index is 1.72. The number of hydrogen-bond donors (Lipinski definition) is 1. The van der Waals surface area contributed by atoms with E-state index in [0.29, 0.717) is 35.0 Å². The number of benzene rings is 2. The first-order valence-electron chi connectivity index (χ1n) is 11.8. The van der Waals surface area contributed by atoms with Crippen LogP contribution in [0.15, 0.2) is 42.5 Å². The van der Waals surface area contributed by atoms with Crippen molar-refractivity contribution in [1.29, 1.82) is 0 Å². The number of nitrogens with zero attached hydrogens (tertiary/aromatic N) is 2. The third kappa shape index (κ3) is 6.30. The molecule has 0 aromatic heterocycles. The van der Waals surface area contributed by atoms with Gasteiger partial charge in [-0.05, 0) is 50.3 Å². The molecule has 2 aromatic carbocycles. The molecular formula is C26H33N3O6. The standard InChI is InChI=1S/C26H33N3O6/c1-5-28(6-2)14-13-27-26(32)18(3)29-20-15-19(11-12-22(20)35-17-25(29)31)21(30)16-34-24-10-8-7-9-23(24)33-4/h7-12,15,18H,5-6,13-14,16-17H2,1-4H3,(H,27,32)/t18-/m1/s1. The summed E-state index contributed by atoms with van der Waals surface area (Å²) in [6, 6.07) is 11.1. The minimum absolute atomic E-state index is 0.172. The van der Waals surface area contributed by atoms with Gasteiger partial charge in [-0.25, -0.2) is 0 Å². The fourth-order valence-corrected chi connectivity index (χ4v) is 3.88. The number of methoxy groups -OCH3 is 1. The van der Waals surface area contributed by atoms with E-state index < -0.39 is 6.04 Å². The van der Waals surface area contributed by atoms with Gasteiger partial charge in [-0.1, -0.05) is 26.0 Å². The molecule has 2 amide bonds. The zero-order chi connectivity index (χ0) is 25.4. The highest BCUT2D eigenvalue weighted by Crippen LogP contribution is 2.35. The molecule has 0 aliphatic carbocycles. The zero-order valence-corrected chi connectivity index (χ0v) is 20.7. The number of carbonyl (C=O) groups excluding carboxylic acids is 3. The smallest absolute Gasteiger partial charge is 0.265 e. The average Bonchev–Trinajstić information content (AvgIpc) is 2.89. The third-order valence-corrected chi connectivity index (χ3v) is 5.98. The maximum atomic E-state index is 12.9. The van der Waals surface area contributed by atoms with E-state index in [1.54, 1.807) is 43.3 Å². The molecule has 1 N–H and O–H groups in total. The molecule has 0 fully saturated rings. The fraction of sp³-hybridized carbons (Fsp3) is 0.423. The van der Waals surface area contributed by atoms with E-state index in [0.717, 1.165) is 19.6 Å². The second-order valence-electron chi connectivity index (χ2n) is 8.09. The largest absolute Gasteiger partial charge is 0.493 e. The fourth-order valence-electron chi connectivity index (χ4n) is 3.88. The van der Waals surface area contributed by atoms with Crippen LogP contribution < -0.4 is 24.4 Å². The van der Waals surface area contributed by atoms with Crippen molar-refractivity contribution >= 4 is 23.3 Å². The molecule has 3 rings (SSSR count). The number of amides is 2. The van der Waals surface area contributed by atoms with Gasteiger partial charge in [-0.2, -0.15) is 0 Å². The Kier molecular flexibility index (Phi) is 9.08. The number of likely N-dealkylation sites (N-methyl/N-ethyl adjacent to an activating group) is 1. The number of fused-ring (bicyclic) bond motifs is 1. The molecular weight excluding hydrogens is 450 g/mol. The molecule has 0 bridgehead atoms. The van der Waals surface area contributed by atoms with E-state index in [1.165, 1.54) is 12.0 Å². The first-order valence-corrected chi connectivity index (χ1v) is 11.8. The van der Waals surface area contributed by atoms with Crippen LogP contribution in [0.5, 0.6) is 17.2 Å². The van der Waals surface area contributed by atoms with Crippen LogP contribution in [0, 0.1) is 0 Å². The highest BCUT2D eigenvalue weighted by atomic mass is 16.5. The zero-order valence-electron chi connectivity index (χ0n) is 20.7. The van der Waals surface area contributed by atoms with Crippen molar-refractivity contribution in [1.82, 2.24) is 10.2 Å². The van der Waals surface area contributed by atoms with Crippen molar-refractivity contribution in [2.45, 2.75) is 26.8 Å². The second-order valence-corrected chi connectivity index (χ2v) is 8.09. The van der Waals surface area contributed by atoms with Crippen LogP contribution in [0.3, 0.4) is 0 Å². The Hall–Kier alpha value is -3.59. The molecule has 0 unspecified atom stereocenters. The van der Waals surface area contributed by atoms with E-state index in [9.17, 15) is 14.4 Å². The molecule has 0 spiro atoms. The van der Waals surface area contributed by atoms with Gasteiger partial charge in [0.2, 0.25) is 5.91 Å². The number of para-hydroxylation sites is 2. The summed E-state index contributed by atoms with van der Waals surface area (Å²) in [5.74, 6) is 0.518. The minimum Gasteiger partial charge on any atom is -0.493 e. The molecule has 0 saturated carbocycles. The summed E-state index contributed by atoms with van der Waals surface area (Å²) in [6.07, 6.45) is 0. The number of ketones is 1. The molecule has 188 valence electrons. The van der Waals surface area contributed by atoms with Gasteiger partial charge in [-0.15, -0.1) is 0 Å². The molecule has 9 heteroatoms. The van der Waals surface area contributed by atoms with Gasteiger partial charge >= 0.3 is 0 Å². The summed E-state index contributed by atoms with van der Waals surface area (Å²) < 4.78 is 16.4. The van der Waals surface area contributed by atoms with Gasteiger partial charge in [0.25, 0.3) is 5.91 Å². The normalized spacial score (nSPS) is 13.6. The Morgan fingerprint density at radius 3 is 2.54 bits per heavy atom. The number of anilines is 1. The van der Waals surface area contributed by atoms with Crippen LogP contribution >= 0.6 is 0 Å². The minimum atomic E-state index is -0.767. The Labute approximate surface area is 205 Å². The van der Waals surface area contributed by atoms with Crippen molar-refractivity contribution in [2.24, 2.45) is 0 Å². The van der Waals surface area contributed by atoms with E-state index in [1.807, 2.05) is 6.07 Å². The molecule has 1 aliphatic rings.